The monoisotopic (exact) mass is 399 g/mol. The SMILES string of the molecule is Cc1nc(C=CC(=O)N2CC(C(=O)N3CCOCC3)Oc3ccccc32)cs1. The molecule has 0 N–H and O–H groups in total. The number of thiazole rings is 1. The number of hydrogen-bond acceptors (Lipinski definition) is 6. The Labute approximate surface area is 167 Å². The van der Waals surface area contributed by atoms with Crippen molar-refractivity contribution in [3.05, 3.63) is 46.4 Å². The number of nitrogens with zero attached hydrogens (tertiary/aromatic N) is 3. The molecule has 2 aliphatic rings. The minimum Gasteiger partial charge on any atom is -0.476 e. The van der Waals surface area contributed by atoms with E-state index in [1.165, 1.54) is 17.4 Å². The number of fused-ring (bicyclic) bond motifs is 1. The maximum atomic E-state index is 12.9. The van der Waals surface area contributed by atoms with Crippen LogP contribution in [-0.4, -0.2) is 60.7 Å². The molecule has 1 fully saturated rings. The highest BCUT2D eigenvalue weighted by atomic mass is 32.1. The standard InChI is InChI=1S/C20H21N3O4S/c1-14-21-15(13-28-14)6-7-19(24)23-12-18(20(25)22-8-10-26-11-9-22)27-17-5-3-2-4-16(17)23/h2-7,13,18H,8-12H2,1H3. The van der Waals surface area contributed by atoms with E-state index in [0.717, 1.165) is 10.7 Å². The van der Waals surface area contributed by atoms with Gasteiger partial charge < -0.3 is 19.3 Å². The summed E-state index contributed by atoms with van der Waals surface area (Å²) >= 11 is 1.53. The van der Waals surface area contributed by atoms with Gasteiger partial charge in [0.05, 0.1) is 36.1 Å². The smallest absolute Gasteiger partial charge is 0.265 e. The molecule has 2 aromatic rings. The number of anilines is 1. The van der Waals surface area contributed by atoms with Crippen LogP contribution in [0, 0.1) is 6.92 Å². The average molecular weight is 399 g/mol. The molecule has 1 unspecified atom stereocenters. The molecule has 1 aromatic heterocycles. The number of carbonyl (C=O) groups is 2. The molecule has 0 bridgehead atoms. The van der Waals surface area contributed by atoms with Gasteiger partial charge in [-0.3, -0.25) is 9.59 Å². The van der Waals surface area contributed by atoms with Crippen LogP contribution in [0.2, 0.25) is 0 Å². The Morgan fingerprint density at radius 3 is 2.79 bits per heavy atom. The van der Waals surface area contributed by atoms with Gasteiger partial charge in [0.1, 0.15) is 5.75 Å². The molecule has 1 aromatic carbocycles. The van der Waals surface area contributed by atoms with Gasteiger partial charge in [-0.25, -0.2) is 4.98 Å². The number of ether oxygens (including phenoxy) is 2. The molecule has 0 radical (unpaired) electrons. The summed E-state index contributed by atoms with van der Waals surface area (Å²) in [6.45, 7) is 4.21. The summed E-state index contributed by atoms with van der Waals surface area (Å²) in [5.41, 5.74) is 1.41. The molecule has 7 nitrogen and oxygen atoms in total. The highest BCUT2D eigenvalue weighted by molar-refractivity contribution is 7.09. The summed E-state index contributed by atoms with van der Waals surface area (Å²) in [5, 5.41) is 2.84. The molecule has 3 heterocycles. The van der Waals surface area contributed by atoms with Gasteiger partial charge in [-0.2, -0.15) is 0 Å². The van der Waals surface area contributed by atoms with Gasteiger partial charge in [-0.05, 0) is 25.1 Å². The number of morpholine rings is 1. The van der Waals surface area contributed by atoms with E-state index in [-0.39, 0.29) is 18.4 Å². The van der Waals surface area contributed by atoms with Gasteiger partial charge >= 0.3 is 0 Å². The van der Waals surface area contributed by atoms with Crippen LogP contribution in [0.4, 0.5) is 5.69 Å². The van der Waals surface area contributed by atoms with Gasteiger partial charge in [0, 0.05) is 24.5 Å². The van der Waals surface area contributed by atoms with Crippen LogP contribution in [0.1, 0.15) is 10.7 Å². The van der Waals surface area contributed by atoms with E-state index in [1.807, 2.05) is 30.5 Å². The number of rotatable bonds is 3. The number of carbonyl (C=O) groups excluding carboxylic acids is 2. The van der Waals surface area contributed by atoms with E-state index >= 15 is 0 Å². The second kappa shape index (κ2) is 8.12. The van der Waals surface area contributed by atoms with Crippen molar-refractivity contribution in [1.29, 1.82) is 0 Å². The van der Waals surface area contributed by atoms with Gasteiger partial charge in [-0.1, -0.05) is 12.1 Å². The van der Waals surface area contributed by atoms with E-state index < -0.39 is 6.10 Å². The number of aromatic nitrogens is 1. The Balaban J connectivity index is 1.55. The highest BCUT2D eigenvalue weighted by Crippen LogP contribution is 2.33. The lowest BCUT2D eigenvalue weighted by atomic mass is 10.1. The first-order valence-electron chi connectivity index (χ1n) is 9.16. The first-order chi connectivity index (χ1) is 13.6. The minimum atomic E-state index is -0.730. The van der Waals surface area contributed by atoms with Crippen LogP contribution in [0.3, 0.4) is 0 Å². The predicted molar refractivity (Wildman–Crippen MR) is 106 cm³/mol. The third-order valence-corrected chi connectivity index (χ3v) is 5.46. The van der Waals surface area contributed by atoms with Crippen LogP contribution in [-0.2, 0) is 14.3 Å². The number of para-hydroxylation sites is 2. The number of hydrogen-bond donors (Lipinski definition) is 0. The maximum Gasteiger partial charge on any atom is 0.265 e. The van der Waals surface area contributed by atoms with Crippen LogP contribution in [0.25, 0.3) is 6.08 Å². The molecule has 1 atom stereocenters. The van der Waals surface area contributed by atoms with Gasteiger partial charge in [-0.15, -0.1) is 11.3 Å². The first-order valence-corrected chi connectivity index (χ1v) is 10.0. The van der Waals surface area contributed by atoms with Crippen molar-refractivity contribution in [3.63, 3.8) is 0 Å². The zero-order valence-electron chi connectivity index (χ0n) is 15.5. The average Bonchev–Trinajstić information content (AvgIpc) is 3.16. The third kappa shape index (κ3) is 3.93. The number of benzene rings is 1. The quantitative estimate of drug-likeness (QED) is 0.740. The Morgan fingerprint density at radius 1 is 1.25 bits per heavy atom. The lowest BCUT2D eigenvalue weighted by Gasteiger charge is -2.37. The van der Waals surface area contributed by atoms with Crippen molar-refractivity contribution in [2.75, 3.05) is 37.7 Å². The Kier molecular flexibility index (Phi) is 5.40. The highest BCUT2D eigenvalue weighted by Gasteiger charge is 2.35. The number of aryl methyl sites for hydroxylation is 1. The lowest BCUT2D eigenvalue weighted by Crippen LogP contribution is -2.53. The normalized spacial score (nSPS) is 19.4. The van der Waals surface area contributed by atoms with Crippen molar-refractivity contribution >= 4 is 34.9 Å². The first kappa shape index (κ1) is 18.6. The van der Waals surface area contributed by atoms with Crippen LogP contribution < -0.4 is 9.64 Å². The molecule has 146 valence electrons. The van der Waals surface area contributed by atoms with Crippen molar-refractivity contribution in [2.24, 2.45) is 0 Å². The second-order valence-electron chi connectivity index (χ2n) is 6.59. The van der Waals surface area contributed by atoms with E-state index in [0.29, 0.717) is 37.7 Å². The van der Waals surface area contributed by atoms with E-state index in [1.54, 1.807) is 21.9 Å². The Bertz CT molecular complexity index is 904. The summed E-state index contributed by atoms with van der Waals surface area (Å²) in [7, 11) is 0. The molecule has 0 aliphatic carbocycles. The largest absolute Gasteiger partial charge is 0.476 e. The summed E-state index contributed by atoms with van der Waals surface area (Å²) in [5.74, 6) is 0.211. The lowest BCUT2D eigenvalue weighted by molar-refractivity contribution is -0.142. The Hall–Kier alpha value is -2.71. The molecular weight excluding hydrogens is 378 g/mol. The van der Waals surface area contributed by atoms with Crippen LogP contribution in [0.15, 0.2) is 35.7 Å². The van der Waals surface area contributed by atoms with Crippen LogP contribution in [0.5, 0.6) is 5.75 Å². The molecule has 2 amide bonds. The van der Waals surface area contributed by atoms with Gasteiger partial charge in [0.2, 0.25) is 0 Å². The molecule has 2 aliphatic heterocycles. The van der Waals surface area contributed by atoms with Crippen molar-refractivity contribution in [1.82, 2.24) is 9.88 Å². The van der Waals surface area contributed by atoms with Crippen LogP contribution >= 0.6 is 11.3 Å². The van der Waals surface area contributed by atoms with E-state index in [2.05, 4.69) is 4.98 Å². The zero-order chi connectivity index (χ0) is 19.5. The maximum absolute atomic E-state index is 12.9. The molecule has 1 saturated heterocycles. The van der Waals surface area contributed by atoms with Gasteiger partial charge in [0.25, 0.3) is 11.8 Å². The second-order valence-corrected chi connectivity index (χ2v) is 7.65. The predicted octanol–water partition coefficient (Wildman–Crippen LogP) is 2.12. The number of amides is 2. The zero-order valence-corrected chi connectivity index (χ0v) is 16.4. The van der Waals surface area contributed by atoms with Crippen molar-refractivity contribution in [3.8, 4) is 5.75 Å². The molecule has 8 heteroatoms. The summed E-state index contributed by atoms with van der Waals surface area (Å²) in [6.07, 6.45) is 2.46. The fourth-order valence-corrected chi connectivity index (χ4v) is 3.84. The minimum absolute atomic E-state index is 0.116. The van der Waals surface area contributed by atoms with Crippen molar-refractivity contribution in [2.45, 2.75) is 13.0 Å². The molecule has 28 heavy (non-hydrogen) atoms. The van der Waals surface area contributed by atoms with E-state index in [4.69, 9.17) is 9.47 Å². The summed E-state index contributed by atoms with van der Waals surface area (Å²) < 4.78 is 11.2. The van der Waals surface area contributed by atoms with Crippen molar-refractivity contribution < 1.29 is 19.1 Å². The van der Waals surface area contributed by atoms with E-state index in [9.17, 15) is 9.59 Å². The topological polar surface area (TPSA) is 72.0 Å². The fourth-order valence-electron chi connectivity index (χ4n) is 3.26. The molecule has 0 saturated carbocycles. The third-order valence-electron chi connectivity index (χ3n) is 4.67. The Morgan fingerprint density at radius 2 is 2.04 bits per heavy atom. The molecule has 4 rings (SSSR count). The summed E-state index contributed by atoms with van der Waals surface area (Å²) in [6, 6.07) is 7.28. The fraction of sp³-hybridized carbons (Fsp3) is 0.350. The summed E-state index contributed by atoms with van der Waals surface area (Å²) in [4.78, 5) is 33.5. The molecular formula is C20H21N3O4S. The van der Waals surface area contributed by atoms with Gasteiger partial charge in [0.15, 0.2) is 6.10 Å². The molecule has 0 spiro atoms.